The number of hydrogen-bond acceptors (Lipinski definition) is 5. The molecule has 0 aromatic carbocycles. The highest BCUT2D eigenvalue weighted by atomic mass is 16.5. The van der Waals surface area contributed by atoms with Gasteiger partial charge in [0.1, 0.15) is 6.04 Å². The van der Waals surface area contributed by atoms with E-state index in [-0.39, 0.29) is 5.92 Å². The predicted octanol–water partition coefficient (Wildman–Crippen LogP) is 0.719. The number of carboxylic acid groups (broad SMARTS) is 1. The van der Waals surface area contributed by atoms with Crippen LogP contribution in [-0.2, 0) is 11.2 Å². The van der Waals surface area contributed by atoms with Gasteiger partial charge in [0.15, 0.2) is 5.82 Å². The SMILES string of the molecule is CC[C@H](C)[C@H](NC(=O)NCCc1nc(C)no1)C(=O)O. The van der Waals surface area contributed by atoms with Crippen LogP contribution >= 0.6 is 0 Å². The third kappa shape index (κ3) is 4.87. The number of carboxylic acids is 1. The molecule has 0 fully saturated rings. The van der Waals surface area contributed by atoms with Gasteiger partial charge < -0.3 is 20.3 Å². The fourth-order valence-corrected chi connectivity index (χ4v) is 1.60. The van der Waals surface area contributed by atoms with E-state index in [2.05, 4.69) is 20.8 Å². The van der Waals surface area contributed by atoms with Gasteiger partial charge in [-0.15, -0.1) is 0 Å². The molecular weight excluding hydrogens is 264 g/mol. The fraction of sp³-hybridized carbons (Fsp3) is 0.667. The van der Waals surface area contributed by atoms with Gasteiger partial charge in [-0.05, 0) is 12.8 Å². The molecule has 0 aliphatic carbocycles. The summed E-state index contributed by atoms with van der Waals surface area (Å²) in [4.78, 5) is 26.7. The number of carbonyl (C=O) groups excluding carboxylic acids is 1. The number of aliphatic carboxylic acids is 1. The Kier molecular flexibility index (Phi) is 5.95. The maximum Gasteiger partial charge on any atom is 0.326 e. The summed E-state index contributed by atoms with van der Waals surface area (Å²) in [7, 11) is 0. The van der Waals surface area contributed by atoms with E-state index in [0.717, 1.165) is 0 Å². The lowest BCUT2D eigenvalue weighted by Gasteiger charge is -2.20. The van der Waals surface area contributed by atoms with Crippen LogP contribution in [0.25, 0.3) is 0 Å². The summed E-state index contributed by atoms with van der Waals surface area (Å²) in [6.07, 6.45) is 1.06. The normalized spacial score (nSPS) is 13.6. The molecule has 0 radical (unpaired) electrons. The maximum absolute atomic E-state index is 11.6. The van der Waals surface area contributed by atoms with Gasteiger partial charge in [0.2, 0.25) is 5.89 Å². The summed E-state index contributed by atoms with van der Waals surface area (Å²) in [6, 6.07) is -1.42. The van der Waals surface area contributed by atoms with Crippen molar-refractivity contribution in [3.63, 3.8) is 0 Å². The highest BCUT2D eigenvalue weighted by molar-refractivity contribution is 5.82. The van der Waals surface area contributed by atoms with Gasteiger partial charge in [-0.2, -0.15) is 4.98 Å². The standard InChI is InChI=1S/C12H20N4O4/c1-4-7(2)10(11(17)18)15-12(19)13-6-5-9-14-8(3)16-20-9/h7,10H,4-6H2,1-3H3,(H,17,18)(H2,13,15,19)/t7-,10-/m0/s1. The molecule has 0 aliphatic heterocycles. The van der Waals surface area contributed by atoms with E-state index >= 15 is 0 Å². The van der Waals surface area contributed by atoms with E-state index in [0.29, 0.717) is 31.1 Å². The second-order valence-electron chi connectivity index (χ2n) is 4.59. The van der Waals surface area contributed by atoms with Crippen molar-refractivity contribution in [1.29, 1.82) is 0 Å². The quantitative estimate of drug-likeness (QED) is 0.679. The Bertz CT molecular complexity index is 460. The Morgan fingerprint density at radius 1 is 1.45 bits per heavy atom. The summed E-state index contributed by atoms with van der Waals surface area (Å²) < 4.78 is 4.89. The van der Waals surface area contributed by atoms with Gasteiger partial charge in [-0.3, -0.25) is 0 Å². The van der Waals surface area contributed by atoms with Crippen LogP contribution in [0.4, 0.5) is 4.79 Å². The van der Waals surface area contributed by atoms with Crippen molar-refractivity contribution in [2.45, 2.75) is 39.7 Å². The topological polar surface area (TPSA) is 117 Å². The van der Waals surface area contributed by atoms with E-state index in [1.807, 2.05) is 6.92 Å². The van der Waals surface area contributed by atoms with E-state index in [9.17, 15) is 9.59 Å². The molecule has 1 heterocycles. The molecule has 0 spiro atoms. The summed E-state index contributed by atoms with van der Waals surface area (Å²) >= 11 is 0. The molecular formula is C12H20N4O4. The number of carbonyl (C=O) groups is 2. The lowest BCUT2D eigenvalue weighted by Crippen LogP contribution is -2.49. The fourth-order valence-electron chi connectivity index (χ4n) is 1.60. The molecule has 2 amide bonds. The summed E-state index contributed by atoms with van der Waals surface area (Å²) in [5.74, 6) is -0.217. The molecule has 8 nitrogen and oxygen atoms in total. The molecule has 2 atom stereocenters. The van der Waals surface area contributed by atoms with Crippen molar-refractivity contribution in [3.8, 4) is 0 Å². The smallest absolute Gasteiger partial charge is 0.326 e. The highest BCUT2D eigenvalue weighted by Crippen LogP contribution is 2.07. The van der Waals surface area contributed by atoms with Crippen molar-refractivity contribution in [3.05, 3.63) is 11.7 Å². The van der Waals surface area contributed by atoms with E-state index in [4.69, 9.17) is 9.63 Å². The first-order chi connectivity index (χ1) is 9.43. The minimum atomic E-state index is -1.04. The lowest BCUT2D eigenvalue weighted by molar-refractivity contribution is -0.140. The first-order valence-electron chi connectivity index (χ1n) is 6.50. The molecule has 3 N–H and O–H groups in total. The molecule has 0 bridgehead atoms. The second-order valence-corrected chi connectivity index (χ2v) is 4.59. The van der Waals surface area contributed by atoms with Crippen molar-refractivity contribution in [2.75, 3.05) is 6.54 Å². The molecule has 0 unspecified atom stereocenters. The van der Waals surface area contributed by atoms with Crippen LogP contribution in [0.1, 0.15) is 32.0 Å². The van der Waals surface area contributed by atoms with Crippen LogP contribution in [0.2, 0.25) is 0 Å². The Morgan fingerprint density at radius 2 is 2.15 bits per heavy atom. The van der Waals surface area contributed by atoms with Gasteiger partial charge in [-0.25, -0.2) is 9.59 Å². The van der Waals surface area contributed by atoms with Crippen molar-refractivity contribution < 1.29 is 19.2 Å². The molecule has 20 heavy (non-hydrogen) atoms. The Hall–Kier alpha value is -2.12. The number of hydrogen-bond donors (Lipinski definition) is 3. The number of nitrogens with zero attached hydrogens (tertiary/aromatic N) is 2. The number of amides is 2. The molecule has 0 saturated carbocycles. The Morgan fingerprint density at radius 3 is 2.65 bits per heavy atom. The number of nitrogens with one attached hydrogen (secondary N) is 2. The second kappa shape index (κ2) is 7.46. The van der Waals surface area contributed by atoms with Crippen LogP contribution in [0.15, 0.2) is 4.52 Å². The van der Waals surface area contributed by atoms with Crippen LogP contribution in [0.5, 0.6) is 0 Å². The maximum atomic E-state index is 11.6. The zero-order valence-electron chi connectivity index (χ0n) is 11.8. The zero-order chi connectivity index (χ0) is 15.1. The van der Waals surface area contributed by atoms with Crippen molar-refractivity contribution in [1.82, 2.24) is 20.8 Å². The number of aromatic nitrogens is 2. The first kappa shape index (κ1) is 15.9. The molecule has 112 valence electrons. The van der Waals surface area contributed by atoms with Crippen LogP contribution in [-0.4, -0.2) is 39.8 Å². The molecule has 1 rings (SSSR count). The minimum Gasteiger partial charge on any atom is -0.480 e. The Labute approximate surface area is 116 Å². The molecule has 1 aromatic rings. The summed E-state index contributed by atoms with van der Waals surface area (Å²) in [5, 5.41) is 17.7. The Balaban J connectivity index is 2.36. The third-order valence-electron chi connectivity index (χ3n) is 2.96. The largest absolute Gasteiger partial charge is 0.480 e. The van der Waals surface area contributed by atoms with Crippen LogP contribution in [0, 0.1) is 12.8 Å². The van der Waals surface area contributed by atoms with Gasteiger partial charge >= 0.3 is 12.0 Å². The third-order valence-corrected chi connectivity index (χ3v) is 2.96. The van der Waals surface area contributed by atoms with Gasteiger partial charge in [-0.1, -0.05) is 25.4 Å². The lowest BCUT2D eigenvalue weighted by atomic mass is 9.99. The van der Waals surface area contributed by atoms with Gasteiger partial charge in [0.25, 0.3) is 0 Å². The van der Waals surface area contributed by atoms with Crippen molar-refractivity contribution in [2.24, 2.45) is 5.92 Å². The first-order valence-corrected chi connectivity index (χ1v) is 6.50. The molecule has 8 heteroatoms. The van der Waals surface area contributed by atoms with Crippen LogP contribution in [0.3, 0.4) is 0 Å². The van der Waals surface area contributed by atoms with E-state index in [1.165, 1.54) is 0 Å². The number of urea groups is 1. The highest BCUT2D eigenvalue weighted by Gasteiger charge is 2.25. The average Bonchev–Trinajstić information content (AvgIpc) is 2.80. The average molecular weight is 284 g/mol. The summed E-state index contributed by atoms with van der Waals surface area (Å²) in [6.45, 7) is 5.65. The van der Waals surface area contributed by atoms with Crippen LogP contribution < -0.4 is 10.6 Å². The van der Waals surface area contributed by atoms with Gasteiger partial charge in [0.05, 0.1) is 0 Å². The summed E-state index contributed by atoms with van der Waals surface area (Å²) in [5.41, 5.74) is 0. The molecule has 1 aromatic heterocycles. The zero-order valence-corrected chi connectivity index (χ0v) is 11.8. The van der Waals surface area contributed by atoms with E-state index < -0.39 is 18.0 Å². The van der Waals surface area contributed by atoms with Crippen molar-refractivity contribution >= 4 is 12.0 Å². The van der Waals surface area contributed by atoms with Gasteiger partial charge in [0, 0.05) is 13.0 Å². The molecule has 0 aliphatic rings. The predicted molar refractivity (Wildman–Crippen MR) is 70.2 cm³/mol. The number of aryl methyl sites for hydroxylation is 1. The monoisotopic (exact) mass is 284 g/mol. The minimum absolute atomic E-state index is 0.142. The van der Waals surface area contributed by atoms with E-state index in [1.54, 1.807) is 13.8 Å². The number of rotatable bonds is 7. The molecule has 0 saturated heterocycles.